The molecule has 11 heteroatoms. The molecular formula is C18H18F3N7O. The Morgan fingerprint density at radius 1 is 1.31 bits per heavy atom. The van der Waals surface area contributed by atoms with Crippen molar-refractivity contribution in [1.29, 1.82) is 0 Å². The van der Waals surface area contributed by atoms with Gasteiger partial charge in [-0.3, -0.25) is 9.79 Å². The fourth-order valence-corrected chi connectivity index (χ4v) is 4.20. The van der Waals surface area contributed by atoms with Gasteiger partial charge in [0.05, 0.1) is 0 Å². The van der Waals surface area contributed by atoms with Gasteiger partial charge in [-0.2, -0.15) is 13.2 Å². The van der Waals surface area contributed by atoms with E-state index in [9.17, 15) is 18.0 Å². The van der Waals surface area contributed by atoms with E-state index in [1.54, 1.807) is 18.5 Å². The lowest BCUT2D eigenvalue weighted by atomic mass is 9.86. The minimum Gasteiger partial charge on any atom is -0.365 e. The van der Waals surface area contributed by atoms with Crippen LogP contribution in [-0.2, 0) is 4.79 Å². The molecule has 0 bridgehead atoms. The molecule has 1 amide bonds. The van der Waals surface area contributed by atoms with E-state index >= 15 is 0 Å². The molecule has 4 aliphatic rings. The Hall–Kier alpha value is -3.11. The first-order valence-electron chi connectivity index (χ1n) is 9.26. The first-order chi connectivity index (χ1) is 13.8. The number of rotatable bonds is 2. The Labute approximate surface area is 164 Å². The van der Waals surface area contributed by atoms with Gasteiger partial charge in [-0.25, -0.2) is 9.97 Å². The van der Waals surface area contributed by atoms with Crippen molar-refractivity contribution in [2.24, 2.45) is 10.4 Å². The SMILES string of the molecule is O=C1CC2(CCN(c3ccnc(C4=CNC5C=NC(C(F)(F)F)=CN45)n3)C2)CN1. The fourth-order valence-electron chi connectivity index (χ4n) is 4.20. The highest BCUT2D eigenvalue weighted by Gasteiger charge is 2.44. The Balaban J connectivity index is 1.39. The van der Waals surface area contributed by atoms with Crippen LogP contribution in [0.4, 0.5) is 19.0 Å². The molecule has 8 nitrogen and oxygen atoms in total. The van der Waals surface area contributed by atoms with E-state index < -0.39 is 18.0 Å². The topological polar surface area (TPSA) is 85.8 Å². The largest absolute Gasteiger partial charge is 0.434 e. The van der Waals surface area contributed by atoms with Gasteiger partial charge in [0.15, 0.2) is 11.5 Å². The van der Waals surface area contributed by atoms with E-state index in [2.05, 4.69) is 30.5 Å². The van der Waals surface area contributed by atoms with Crippen molar-refractivity contribution in [2.75, 3.05) is 24.5 Å². The Bertz CT molecular complexity index is 957. The third-order valence-corrected chi connectivity index (χ3v) is 5.70. The summed E-state index contributed by atoms with van der Waals surface area (Å²) in [5, 5.41) is 5.87. The molecule has 0 aliphatic carbocycles. The van der Waals surface area contributed by atoms with Crippen LogP contribution < -0.4 is 15.5 Å². The average molecular weight is 405 g/mol. The molecule has 2 saturated heterocycles. The summed E-state index contributed by atoms with van der Waals surface area (Å²) in [6.45, 7) is 2.13. The Morgan fingerprint density at radius 3 is 2.93 bits per heavy atom. The summed E-state index contributed by atoms with van der Waals surface area (Å²) in [6, 6.07) is 1.78. The number of aromatic nitrogens is 2. The zero-order chi connectivity index (χ0) is 20.2. The number of carbonyl (C=O) groups is 1. The molecule has 0 aromatic carbocycles. The third kappa shape index (κ3) is 3.10. The second-order valence-corrected chi connectivity index (χ2v) is 7.70. The van der Waals surface area contributed by atoms with Crippen molar-refractivity contribution >= 4 is 23.6 Å². The number of halogens is 3. The first kappa shape index (κ1) is 18.0. The number of nitrogens with one attached hydrogen (secondary N) is 2. The van der Waals surface area contributed by atoms with Crippen molar-refractivity contribution in [3.8, 4) is 0 Å². The number of allylic oxidation sites excluding steroid dienone is 1. The van der Waals surface area contributed by atoms with Gasteiger partial charge in [0.2, 0.25) is 5.91 Å². The van der Waals surface area contributed by atoms with Gasteiger partial charge in [-0.05, 0) is 12.5 Å². The van der Waals surface area contributed by atoms with E-state index in [0.29, 0.717) is 36.8 Å². The fraction of sp³-hybridized carbons (Fsp3) is 0.444. The maximum atomic E-state index is 13.1. The molecule has 5 heterocycles. The number of anilines is 1. The van der Waals surface area contributed by atoms with E-state index in [4.69, 9.17) is 0 Å². The molecule has 2 fully saturated rings. The number of carbonyl (C=O) groups excluding carboxylic acids is 1. The lowest BCUT2D eigenvalue weighted by molar-refractivity contribution is -0.119. The van der Waals surface area contributed by atoms with Crippen molar-refractivity contribution in [3.63, 3.8) is 0 Å². The monoisotopic (exact) mass is 405 g/mol. The highest BCUT2D eigenvalue weighted by atomic mass is 19.4. The van der Waals surface area contributed by atoms with Gasteiger partial charge in [-0.15, -0.1) is 0 Å². The zero-order valence-corrected chi connectivity index (χ0v) is 15.3. The van der Waals surface area contributed by atoms with E-state index in [1.165, 1.54) is 11.1 Å². The number of nitrogens with zero attached hydrogens (tertiary/aromatic N) is 5. The molecule has 2 unspecified atom stereocenters. The van der Waals surface area contributed by atoms with Crippen molar-refractivity contribution < 1.29 is 18.0 Å². The van der Waals surface area contributed by atoms with E-state index in [-0.39, 0.29) is 11.3 Å². The van der Waals surface area contributed by atoms with Gasteiger partial charge in [-0.1, -0.05) is 0 Å². The van der Waals surface area contributed by atoms with Crippen LogP contribution in [0.15, 0.2) is 35.4 Å². The lowest BCUT2D eigenvalue weighted by Gasteiger charge is -2.27. The van der Waals surface area contributed by atoms with Crippen LogP contribution in [0.2, 0.25) is 0 Å². The minimum absolute atomic E-state index is 0.0717. The summed E-state index contributed by atoms with van der Waals surface area (Å²) in [4.78, 5) is 27.5. The van der Waals surface area contributed by atoms with Gasteiger partial charge >= 0.3 is 6.18 Å². The van der Waals surface area contributed by atoms with Crippen LogP contribution in [0, 0.1) is 5.41 Å². The van der Waals surface area contributed by atoms with Crippen LogP contribution in [-0.4, -0.2) is 59.0 Å². The second-order valence-electron chi connectivity index (χ2n) is 7.70. The smallest absolute Gasteiger partial charge is 0.365 e. The summed E-state index contributed by atoms with van der Waals surface area (Å²) >= 11 is 0. The summed E-state index contributed by atoms with van der Waals surface area (Å²) in [5.41, 5.74) is -0.606. The molecule has 5 rings (SSSR count). The molecule has 2 atom stereocenters. The molecule has 0 saturated carbocycles. The quantitative estimate of drug-likeness (QED) is 0.770. The van der Waals surface area contributed by atoms with Gasteiger partial charge in [0.25, 0.3) is 0 Å². The van der Waals surface area contributed by atoms with E-state index in [1.807, 2.05) is 0 Å². The summed E-state index contributed by atoms with van der Waals surface area (Å²) in [7, 11) is 0. The van der Waals surface area contributed by atoms with Crippen molar-refractivity contribution in [1.82, 2.24) is 25.5 Å². The molecule has 152 valence electrons. The second kappa shape index (κ2) is 6.19. The van der Waals surface area contributed by atoms with Crippen LogP contribution >= 0.6 is 0 Å². The standard InChI is InChI=1S/C18H18F3N7O/c19-18(20,21)12-8-28-11(6-24-14(28)7-23-12)16-22-3-1-13(26-16)27-4-2-17(10-27)5-15(29)25-9-17/h1,3,6-8,14,24H,2,4-5,9-10H2,(H,25,29). The molecule has 29 heavy (non-hydrogen) atoms. The maximum absolute atomic E-state index is 13.1. The van der Waals surface area contributed by atoms with Crippen molar-refractivity contribution in [3.05, 3.63) is 36.2 Å². The molecule has 1 aromatic rings. The van der Waals surface area contributed by atoms with Crippen LogP contribution in [0.1, 0.15) is 18.7 Å². The lowest BCUT2D eigenvalue weighted by Crippen LogP contribution is -2.38. The number of aliphatic imine (C=N–C) groups is 1. The number of hydrogen-bond acceptors (Lipinski definition) is 7. The molecule has 1 aromatic heterocycles. The summed E-state index contributed by atoms with van der Waals surface area (Å²) < 4.78 is 39.2. The predicted molar refractivity (Wildman–Crippen MR) is 98.3 cm³/mol. The van der Waals surface area contributed by atoms with Crippen molar-refractivity contribution in [2.45, 2.75) is 25.2 Å². The normalized spacial score (nSPS) is 28.4. The molecule has 4 aliphatic heterocycles. The van der Waals surface area contributed by atoms with Gasteiger partial charge in [0, 0.05) is 56.3 Å². The molecule has 1 spiro atoms. The Morgan fingerprint density at radius 2 is 2.17 bits per heavy atom. The zero-order valence-electron chi connectivity index (χ0n) is 15.3. The highest BCUT2D eigenvalue weighted by Crippen LogP contribution is 2.38. The minimum atomic E-state index is -4.53. The predicted octanol–water partition coefficient (Wildman–Crippen LogP) is 1.21. The highest BCUT2D eigenvalue weighted by molar-refractivity contribution is 5.79. The molecule has 0 radical (unpaired) electrons. The number of fused-ring (bicyclic) bond motifs is 1. The molecular weight excluding hydrogens is 387 g/mol. The van der Waals surface area contributed by atoms with E-state index in [0.717, 1.165) is 19.2 Å². The Kier molecular flexibility index (Phi) is 3.83. The van der Waals surface area contributed by atoms with Crippen LogP contribution in [0.3, 0.4) is 0 Å². The number of hydrogen-bond donors (Lipinski definition) is 2. The van der Waals surface area contributed by atoms with Gasteiger partial charge < -0.3 is 20.4 Å². The summed E-state index contributed by atoms with van der Waals surface area (Å²) in [6.07, 6.45) is 1.73. The first-order valence-corrected chi connectivity index (χ1v) is 9.26. The summed E-state index contributed by atoms with van der Waals surface area (Å²) in [5.74, 6) is 1.09. The third-order valence-electron chi connectivity index (χ3n) is 5.70. The number of alkyl halides is 3. The number of amides is 1. The van der Waals surface area contributed by atoms with Crippen LogP contribution in [0.5, 0.6) is 0 Å². The van der Waals surface area contributed by atoms with Gasteiger partial charge in [0.1, 0.15) is 17.7 Å². The average Bonchev–Trinajstić information content (AvgIpc) is 3.39. The maximum Gasteiger partial charge on any atom is 0.434 e. The van der Waals surface area contributed by atoms with Crippen LogP contribution in [0.25, 0.3) is 5.70 Å². The molecule has 2 N–H and O–H groups in total.